The van der Waals surface area contributed by atoms with Gasteiger partial charge in [0, 0.05) is 31.5 Å². The van der Waals surface area contributed by atoms with Crippen molar-refractivity contribution in [3.63, 3.8) is 0 Å². The molecule has 6 nitrogen and oxygen atoms in total. The van der Waals surface area contributed by atoms with Gasteiger partial charge >= 0.3 is 12.3 Å². The summed E-state index contributed by atoms with van der Waals surface area (Å²) in [5.41, 5.74) is 1.23. The van der Waals surface area contributed by atoms with Gasteiger partial charge in [-0.15, -0.1) is 0 Å². The van der Waals surface area contributed by atoms with Gasteiger partial charge in [0.1, 0.15) is 5.60 Å². The van der Waals surface area contributed by atoms with E-state index >= 15 is 0 Å². The topological polar surface area (TPSA) is 56.1 Å². The predicted molar refractivity (Wildman–Crippen MR) is 134 cm³/mol. The molecule has 1 amide bonds. The van der Waals surface area contributed by atoms with Gasteiger partial charge in [-0.3, -0.25) is 4.90 Å². The molecule has 2 aromatic heterocycles. The summed E-state index contributed by atoms with van der Waals surface area (Å²) in [5.74, 6) is 0.275. The average molecular weight is 506 g/mol. The Bertz CT molecular complexity index is 1150. The number of hydrogen-bond acceptors (Lipinski definition) is 4. The van der Waals surface area contributed by atoms with E-state index in [1.165, 1.54) is 12.1 Å². The Kier molecular flexibility index (Phi) is 8.66. The maximum atomic E-state index is 13.1. The number of benzene rings is 1. The highest BCUT2D eigenvalue weighted by Gasteiger charge is 2.30. The van der Waals surface area contributed by atoms with E-state index in [4.69, 9.17) is 9.47 Å². The Balaban J connectivity index is 0.00000176. The maximum Gasteiger partial charge on any atom is 0.416 e. The fourth-order valence-electron chi connectivity index (χ4n) is 3.99. The molecule has 36 heavy (non-hydrogen) atoms. The molecule has 0 bridgehead atoms. The molecule has 0 unspecified atom stereocenters. The summed E-state index contributed by atoms with van der Waals surface area (Å²) in [5, 5.41) is 4.33. The fourth-order valence-corrected chi connectivity index (χ4v) is 3.99. The van der Waals surface area contributed by atoms with Crippen molar-refractivity contribution in [2.75, 3.05) is 24.7 Å². The zero-order valence-electron chi connectivity index (χ0n) is 21.4. The molecule has 1 fully saturated rings. The zero-order chi connectivity index (χ0) is 26.5. The molecule has 1 aliphatic heterocycles. The smallest absolute Gasteiger partial charge is 0.416 e. The predicted octanol–water partition coefficient (Wildman–Crippen LogP) is 7.21. The highest BCUT2D eigenvalue weighted by Crippen LogP contribution is 2.33. The van der Waals surface area contributed by atoms with Crippen LogP contribution in [0, 0.1) is 5.92 Å². The van der Waals surface area contributed by atoms with E-state index in [0.717, 1.165) is 25.0 Å². The van der Waals surface area contributed by atoms with Crippen molar-refractivity contribution in [2.45, 2.75) is 59.2 Å². The van der Waals surface area contributed by atoms with Crippen molar-refractivity contribution >= 4 is 17.3 Å². The summed E-state index contributed by atoms with van der Waals surface area (Å²) in [7, 11) is 0. The number of carbonyl (C=O) groups excluding carboxylic acids is 1. The van der Waals surface area contributed by atoms with Crippen molar-refractivity contribution in [2.24, 2.45) is 5.92 Å². The summed E-state index contributed by atoms with van der Waals surface area (Å²) in [6, 6.07) is 8.59. The van der Waals surface area contributed by atoms with Crippen LogP contribution in [0.2, 0.25) is 0 Å². The number of alkyl halides is 3. The third-order valence-corrected chi connectivity index (χ3v) is 5.74. The van der Waals surface area contributed by atoms with Crippen LogP contribution in [0.3, 0.4) is 0 Å². The SMILES string of the molecule is CC.CC(C)(C)OC(=O)N(CC1CCOCC1)c1ccn2ncc(-c3ccc(C(F)(F)F)cc3)c2c1. The Hall–Kier alpha value is -3.07. The van der Waals surface area contributed by atoms with Crippen LogP contribution in [0.4, 0.5) is 23.7 Å². The lowest BCUT2D eigenvalue weighted by Gasteiger charge is -2.31. The first-order chi connectivity index (χ1) is 17.0. The number of halogens is 3. The van der Waals surface area contributed by atoms with Crippen LogP contribution >= 0.6 is 0 Å². The van der Waals surface area contributed by atoms with Crippen LogP contribution < -0.4 is 4.90 Å². The van der Waals surface area contributed by atoms with Crippen molar-refractivity contribution in [1.82, 2.24) is 9.61 Å². The highest BCUT2D eigenvalue weighted by molar-refractivity contribution is 5.90. The largest absolute Gasteiger partial charge is 0.443 e. The number of ether oxygens (including phenoxy) is 2. The van der Waals surface area contributed by atoms with Gasteiger partial charge < -0.3 is 9.47 Å². The number of fused-ring (bicyclic) bond motifs is 1. The first-order valence-corrected chi connectivity index (χ1v) is 12.2. The molecular weight excluding hydrogens is 471 g/mol. The van der Waals surface area contributed by atoms with E-state index in [1.54, 1.807) is 27.9 Å². The summed E-state index contributed by atoms with van der Waals surface area (Å²) in [4.78, 5) is 14.8. The zero-order valence-corrected chi connectivity index (χ0v) is 21.4. The second-order valence-corrected chi connectivity index (χ2v) is 9.49. The molecule has 1 aliphatic rings. The number of anilines is 1. The fraction of sp³-hybridized carbons (Fsp3) is 0.481. The lowest BCUT2D eigenvalue weighted by molar-refractivity contribution is -0.137. The van der Waals surface area contributed by atoms with Gasteiger partial charge in [0.15, 0.2) is 0 Å². The molecule has 196 valence electrons. The average Bonchev–Trinajstić information content (AvgIpc) is 3.26. The van der Waals surface area contributed by atoms with Crippen LogP contribution in [0.1, 0.15) is 53.0 Å². The van der Waals surface area contributed by atoms with Gasteiger partial charge in [-0.1, -0.05) is 26.0 Å². The number of pyridine rings is 1. The van der Waals surface area contributed by atoms with Crippen LogP contribution in [0.15, 0.2) is 48.8 Å². The monoisotopic (exact) mass is 505 g/mol. The van der Waals surface area contributed by atoms with Crippen LogP contribution in [-0.2, 0) is 15.7 Å². The number of carbonyl (C=O) groups is 1. The Morgan fingerprint density at radius 3 is 2.33 bits per heavy atom. The molecule has 0 atom stereocenters. The molecule has 3 aromatic rings. The summed E-state index contributed by atoms with van der Waals surface area (Å²) in [6.45, 7) is 11.3. The lowest BCUT2D eigenvalue weighted by atomic mass is 9.99. The number of hydrogen-bond donors (Lipinski definition) is 0. The molecule has 3 heterocycles. The molecule has 1 aromatic carbocycles. The summed E-state index contributed by atoms with van der Waals surface area (Å²) >= 11 is 0. The Labute approximate surface area is 210 Å². The van der Waals surface area contributed by atoms with Gasteiger partial charge in [0.25, 0.3) is 0 Å². The molecule has 4 rings (SSSR count). The minimum atomic E-state index is -4.40. The molecular formula is C27H34F3N3O3. The van der Waals surface area contributed by atoms with Crippen LogP contribution in [0.5, 0.6) is 0 Å². The third kappa shape index (κ3) is 6.78. The molecule has 0 radical (unpaired) electrons. The summed E-state index contributed by atoms with van der Waals surface area (Å²) in [6.07, 6.45) is 0.206. The maximum absolute atomic E-state index is 13.1. The second kappa shape index (κ2) is 11.3. The highest BCUT2D eigenvalue weighted by atomic mass is 19.4. The van der Waals surface area contributed by atoms with Gasteiger partial charge in [0.05, 0.1) is 23.0 Å². The van der Waals surface area contributed by atoms with E-state index in [9.17, 15) is 18.0 Å². The lowest BCUT2D eigenvalue weighted by Crippen LogP contribution is -2.40. The number of amides is 1. The van der Waals surface area contributed by atoms with Gasteiger partial charge in [0.2, 0.25) is 0 Å². The van der Waals surface area contributed by atoms with Gasteiger partial charge in [-0.05, 0) is 69.4 Å². The molecule has 0 saturated carbocycles. The first kappa shape index (κ1) is 27.5. The van der Waals surface area contributed by atoms with Crippen molar-refractivity contribution in [3.05, 3.63) is 54.4 Å². The molecule has 0 aliphatic carbocycles. The van der Waals surface area contributed by atoms with Crippen LogP contribution in [0.25, 0.3) is 16.6 Å². The van der Waals surface area contributed by atoms with Crippen molar-refractivity contribution < 1.29 is 27.4 Å². The molecule has 1 saturated heterocycles. The second-order valence-electron chi connectivity index (χ2n) is 9.49. The first-order valence-electron chi connectivity index (χ1n) is 12.2. The molecule has 9 heteroatoms. The van der Waals surface area contributed by atoms with Crippen LogP contribution in [-0.4, -0.2) is 41.1 Å². The van der Waals surface area contributed by atoms with Crippen molar-refractivity contribution in [1.29, 1.82) is 0 Å². The Morgan fingerprint density at radius 2 is 1.75 bits per heavy atom. The minimum Gasteiger partial charge on any atom is -0.443 e. The standard InChI is InChI=1S/C25H28F3N3O3.C2H6/c1-24(2,3)34-23(32)30(16-17-9-12-33-13-10-17)20-8-11-31-22(14-20)21(15-29-31)18-4-6-19(7-5-18)25(26,27)28;1-2/h4-8,11,14-15,17H,9-10,12-13,16H2,1-3H3;1-2H3. The number of nitrogens with zero attached hydrogens (tertiary/aromatic N) is 3. The molecule has 0 spiro atoms. The quantitative estimate of drug-likeness (QED) is 0.376. The van der Waals surface area contributed by atoms with Gasteiger partial charge in [-0.2, -0.15) is 18.3 Å². The van der Waals surface area contributed by atoms with E-state index in [2.05, 4.69) is 5.10 Å². The summed E-state index contributed by atoms with van der Waals surface area (Å²) < 4.78 is 51.7. The van der Waals surface area contributed by atoms with E-state index in [-0.39, 0.29) is 5.92 Å². The van der Waals surface area contributed by atoms with E-state index in [0.29, 0.717) is 42.1 Å². The van der Waals surface area contributed by atoms with E-state index in [1.807, 2.05) is 40.7 Å². The van der Waals surface area contributed by atoms with Crippen molar-refractivity contribution in [3.8, 4) is 11.1 Å². The number of aromatic nitrogens is 2. The van der Waals surface area contributed by atoms with Gasteiger partial charge in [-0.25, -0.2) is 9.31 Å². The normalized spacial score (nSPS) is 14.8. The minimum absolute atomic E-state index is 0.275. The molecule has 0 N–H and O–H groups in total. The number of rotatable bonds is 4. The van der Waals surface area contributed by atoms with E-state index < -0.39 is 23.4 Å². The third-order valence-electron chi connectivity index (χ3n) is 5.74. The Morgan fingerprint density at radius 1 is 1.11 bits per heavy atom.